The van der Waals surface area contributed by atoms with Gasteiger partial charge in [0, 0.05) is 18.0 Å². The number of amides is 2. The van der Waals surface area contributed by atoms with Gasteiger partial charge in [-0.25, -0.2) is 0 Å². The van der Waals surface area contributed by atoms with Crippen LogP contribution in [-0.2, 0) is 9.59 Å². The zero-order valence-electron chi connectivity index (χ0n) is 11.7. The zero-order valence-corrected chi connectivity index (χ0v) is 11.7. The summed E-state index contributed by atoms with van der Waals surface area (Å²) in [6.45, 7) is 4.68. The average molecular weight is 274 g/mol. The Morgan fingerprint density at radius 1 is 1.35 bits per heavy atom. The summed E-state index contributed by atoms with van der Waals surface area (Å²) in [4.78, 5) is 25.7. The van der Waals surface area contributed by atoms with Gasteiger partial charge in [0.25, 0.3) is 0 Å². The monoisotopic (exact) mass is 274 g/mol. The highest BCUT2D eigenvalue weighted by Gasteiger charge is 2.40. The van der Waals surface area contributed by atoms with E-state index in [0.717, 1.165) is 11.3 Å². The molecule has 0 spiro atoms. The van der Waals surface area contributed by atoms with Gasteiger partial charge >= 0.3 is 0 Å². The number of piperazine rings is 1. The predicted octanol–water partition coefficient (Wildman–Crippen LogP) is 0.900. The number of hydrogen-bond donors (Lipinski definition) is 1. The second kappa shape index (κ2) is 4.51. The Labute approximate surface area is 117 Å². The van der Waals surface area contributed by atoms with Crippen molar-refractivity contribution in [2.75, 3.05) is 19.7 Å². The van der Waals surface area contributed by atoms with E-state index in [2.05, 4.69) is 5.32 Å². The fourth-order valence-electron chi connectivity index (χ4n) is 2.88. The summed E-state index contributed by atoms with van der Waals surface area (Å²) in [5.41, 5.74) is 0.290. The number of ether oxygens (including phenoxy) is 1. The minimum atomic E-state index is -0.825. The Balaban J connectivity index is 1.78. The molecule has 0 bridgehead atoms. The van der Waals surface area contributed by atoms with Crippen LogP contribution in [0.2, 0.25) is 0 Å². The predicted molar refractivity (Wildman–Crippen MR) is 73.5 cm³/mol. The second-order valence-corrected chi connectivity index (χ2v) is 5.90. The van der Waals surface area contributed by atoms with E-state index in [9.17, 15) is 9.59 Å². The number of carbonyl (C=O) groups excluding carboxylic acids is 2. The highest BCUT2D eigenvalue weighted by Crippen LogP contribution is 2.34. The fourth-order valence-corrected chi connectivity index (χ4v) is 2.88. The lowest BCUT2D eigenvalue weighted by Gasteiger charge is -2.38. The van der Waals surface area contributed by atoms with Gasteiger partial charge in [-0.15, -0.1) is 0 Å². The molecule has 1 saturated heterocycles. The number of rotatable bonds is 2. The molecule has 20 heavy (non-hydrogen) atoms. The molecule has 5 nitrogen and oxygen atoms in total. The van der Waals surface area contributed by atoms with Crippen LogP contribution in [0.25, 0.3) is 0 Å². The van der Waals surface area contributed by atoms with Crippen LogP contribution >= 0.6 is 0 Å². The highest BCUT2D eigenvalue weighted by molar-refractivity contribution is 5.97. The number of benzene rings is 1. The van der Waals surface area contributed by atoms with Crippen molar-refractivity contribution in [1.82, 2.24) is 10.2 Å². The number of hydrogen-bond acceptors (Lipinski definition) is 3. The maximum Gasteiger partial charge on any atom is 0.248 e. The van der Waals surface area contributed by atoms with E-state index in [-0.39, 0.29) is 24.3 Å². The quantitative estimate of drug-likeness (QED) is 0.871. The summed E-state index contributed by atoms with van der Waals surface area (Å²) < 4.78 is 5.63. The van der Waals surface area contributed by atoms with Gasteiger partial charge in [0.2, 0.25) is 11.8 Å². The number of para-hydroxylation sites is 1. The topological polar surface area (TPSA) is 58.6 Å². The molecule has 5 heteroatoms. The molecule has 2 aliphatic heterocycles. The molecule has 1 aromatic rings. The van der Waals surface area contributed by atoms with Gasteiger partial charge in [0.05, 0.1) is 13.2 Å². The van der Waals surface area contributed by atoms with Crippen molar-refractivity contribution in [3.8, 4) is 5.75 Å². The lowest BCUT2D eigenvalue weighted by Crippen LogP contribution is -2.64. The Morgan fingerprint density at radius 3 is 2.90 bits per heavy atom. The van der Waals surface area contributed by atoms with Crippen molar-refractivity contribution in [3.63, 3.8) is 0 Å². The van der Waals surface area contributed by atoms with Gasteiger partial charge in [0.15, 0.2) is 0 Å². The fraction of sp³-hybridized carbons (Fsp3) is 0.467. The highest BCUT2D eigenvalue weighted by atomic mass is 16.5. The van der Waals surface area contributed by atoms with Crippen LogP contribution in [0.1, 0.15) is 25.3 Å². The van der Waals surface area contributed by atoms with Crippen LogP contribution in [-0.4, -0.2) is 41.9 Å². The summed E-state index contributed by atoms with van der Waals surface area (Å²) in [5.74, 6) is 0.866. The van der Waals surface area contributed by atoms with Gasteiger partial charge in [-0.05, 0) is 19.9 Å². The van der Waals surface area contributed by atoms with Crippen molar-refractivity contribution < 1.29 is 14.3 Å². The van der Waals surface area contributed by atoms with Crippen LogP contribution < -0.4 is 10.1 Å². The SMILES string of the molecule is CC1(C)NC(=O)CN(CC2COc3ccccc32)C1=O. The molecule has 0 aromatic heterocycles. The number of nitrogens with zero attached hydrogens (tertiary/aromatic N) is 1. The van der Waals surface area contributed by atoms with Gasteiger partial charge in [-0.2, -0.15) is 0 Å². The van der Waals surface area contributed by atoms with E-state index in [4.69, 9.17) is 4.74 Å². The van der Waals surface area contributed by atoms with Crippen molar-refractivity contribution in [1.29, 1.82) is 0 Å². The van der Waals surface area contributed by atoms with Crippen molar-refractivity contribution in [2.45, 2.75) is 25.3 Å². The number of fused-ring (bicyclic) bond motifs is 1. The minimum Gasteiger partial charge on any atom is -0.493 e. The molecule has 0 radical (unpaired) electrons. The molecule has 106 valence electrons. The molecule has 2 amide bonds. The van der Waals surface area contributed by atoms with Crippen molar-refractivity contribution >= 4 is 11.8 Å². The third-order valence-electron chi connectivity index (χ3n) is 3.85. The van der Waals surface area contributed by atoms with Crippen LogP contribution in [0.3, 0.4) is 0 Å². The normalized spacial score (nSPS) is 24.1. The summed E-state index contributed by atoms with van der Waals surface area (Å²) in [7, 11) is 0. The van der Waals surface area contributed by atoms with E-state index in [0.29, 0.717) is 13.2 Å². The first-order valence-electron chi connectivity index (χ1n) is 6.79. The van der Waals surface area contributed by atoms with Gasteiger partial charge in [-0.3, -0.25) is 9.59 Å². The number of nitrogens with one attached hydrogen (secondary N) is 1. The van der Waals surface area contributed by atoms with E-state index in [1.54, 1.807) is 18.7 Å². The lowest BCUT2D eigenvalue weighted by molar-refractivity contribution is -0.148. The maximum atomic E-state index is 12.4. The Hall–Kier alpha value is -2.04. The first kappa shape index (κ1) is 13.0. The lowest BCUT2D eigenvalue weighted by atomic mass is 9.96. The van der Waals surface area contributed by atoms with Crippen molar-refractivity contribution in [2.24, 2.45) is 0 Å². The molecule has 2 aliphatic rings. The van der Waals surface area contributed by atoms with E-state index in [1.165, 1.54) is 0 Å². The molecule has 3 rings (SSSR count). The molecule has 1 N–H and O–H groups in total. The minimum absolute atomic E-state index is 0.0403. The largest absolute Gasteiger partial charge is 0.493 e. The molecule has 1 atom stereocenters. The third kappa shape index (κ3) is 2.13. The van der Waals surface area contributed by atoms with E-state index in [1.807, 2.05) is 24.3 Å². The first-order chi connectivity index (χ1) is 9.47. The van der Waals surface area contributed by atoms with Crippen LogP contribution in [0.15, 0.2) is 24.3 Å². The van der Waals surface area contributed by atoms with Gasteiger partial charge < -0.3 is 15.0 Å². The molecular weight excluding hydrogens is 256 g/mol. The van der Waals surface area contributed by atoms with E-state index >= 15 is 0 Å². The summed E-state index contributed by atoms with van der Waals surface area (Å²) in [5, 5.41) is 2.72. The maximum absolute atomic E-state index is 12.4. The second-order valence-electron chi connectivity index (χ2n) is 5.90. The Kier molecular flexibility index (Phi) is 2.92. The molecule has 1 unspecified atom stereocenters. The summed E-state index contributed by atoms with van der Waals surface area (Å²) >= 11 is 0. The third-order valence-corrected chi connectivity index (χ3v) is 3.85. The average Bonchev–Trinajstić information content (AvgIpc) is 2.78. The summed E-state index contributed by atoms with van der Waals surface area (Å²) in [6, 6.07) is 7.86. The molecule has 1 fully saturated rings. The first-order valence-corrected chi connectivity index (χ1v) is 6.79. The Bertz CT molecular complexity index is 568. The molecule has 1 aromatic carbocycles. The van der Waals surface area contributed by atoms with Crippen molar-refractivity contribution in [3.05, 3.63) is 29.8 Å². The van der Waals surface area contributed by atoms with Crippen LogP contribution in [0.5, 0.6) is 5.75 Å². The smallest absolute Gasteiger partial charge is 0.248 e. The van der Waals surface area contributed by atoms with Gasteiger partial charge in [-0.1, -0.05) is 18.2 Å². The van der Waals surface area contributed by atoms with E-state index < -0.39 is 5.54 Å². The molecular formula is C15H18N2O3. The zero-order chi connectivity index (χ0) is 14.3. The number of carbonyl (C=O) groups is 2. The molecule has 2 heterocycles. The summed E-state index contributed by atoms with van der Waals surface area (Å²) in [6.07, 6.45) is 0. The van der Waals surface area contributed by atoms with Gasteiger partial charge in [0.1, 0.15) is 11.3 Å². The standard InChI is InChI=1S/C15H18N2O3/c1-15(2)14(19)17(8-13(18)16-15)7-10-9-20-12-6-4-3-5-11(10)12/h3-6,10H,7-9H2,1-2H3,(H,16,18). The Morgan fingerprint density at radius 2 is 2.10 bits per heavy atom. The molecule has 0 saturated carbocycles. The van der Waals surface area contributed by atoms with Crippen LogP contribution in [0, 0.1) is 0 Å². The molecule has 0 aliphatic carbocycles. The van der Waals surface area contributed by atoms with Crippen LogP contribution in [0.4, 0.5) is 0 Å².